The summed E-state index contributed by atoms with van der Waals surface area (Å²) in [6.07, 6.45) is 4.16. The lowest BCUT2D eigenvalue weighted by molar-refractivity contribution is -0.0352. The van der Waals surface area contributed by atoms with Gasteiger partial charge in [0.25, 0.3) is 5.56 Å². The topological polar surface area (TPSA) is 108 Å². The first-order valence-electron chi connectivity index (χ1n) is 11.0. The number of ether oxygens (including phenoxy) is 1. The minimum atomic E-state index is -0.682. The zero-order valence-electron chi connectivity index (χ0n) is 18.9. The molecule has 9 nitrogen and oxygen atoms in total. The van der Waals surface area contributed by atoms with Gasteiger partial charge in [-0.1, -0.05) is 11.3 Å². The fraction of sp³-hybridized carbons (Fsp3) is 0.375. The van der Waals surface area contributed by atoms with Gasteiger partial charge in [-0.3, -0.25) is 14.5 Å². The van der Waals surface area contributed by atoms with Crippen LogP contribution in [0.2, 0.25) is 0 Å². The molecule has 2 atom stereocenters. The molecule has 9 heteroatoms. The number of rotatable bonds is 4. The van der Waals surface area contributed by atoms with Crippen molar-refractivity contribution in [3.05, 3.63) is 69.3 Å². The van der Waals surface area contributed by atoms with Crippen molar-refractivity contribution in [1.82, 2.24) is 29.8 Å². The number of aliphatic hydroxyl groups excluding tert-OH is 1. The summed E-state index contributed by atoms with van der Waals surface area (Å²) in [5.74, 6) is 0. The van der Waals surface area contributed by atoms with Gasteiger partial charge in [0.05, 0.1) is 23.8 Å². The van der Waals surface area contributed by atoms with Crippen molar-refractivity contribution in [2.24, 2.45) is 7.05 Å². The Labute approximate surface area is 190 Å². The SMILES string of the molecule is Cc1c(Cc2ccc(-c3ccn(C)n3)nc2)cc2c(=O)n([C@H]3COCC[C@@H]3O)nnc2c1C. The third kappa shape index (κ3) is 3.94. The lowest BCUT2D eigenvalue weighted by atomic mass is 9.95. The van der Waals surface area contributed by atoms with Crippen molar-refractivity contribution < 1.29 is 9.84 Å². The second kappa shape index (κ2) is 8.49. The molecular weight excluding hydrogens is 420 g/mol. The van der Waals surface area contributed by atoms with Crippen molar-refractivity contribution >= 4 is 10.9 Å². The maximum atomic E-state index is 13.3. The van der Waals surface area contributed by atoms with Crippen molar-refractivity contribution in [1.29, 1.82) is 0 Å². The predicted molar refractivity (Wildman–Crippen MR) is 123 cm³/mol. The molecule has 0 bridgehead atoms. The molecule has 1 aliphatic rings. The van der Waals surface area contributed by atoms with Crippen molar-refractivity contribution in [3.8, 4) is 11.4 Å². The minimum Gasteiger partial charge on any atom is -0.391 e. The van der Waals surface area contributed by atoms with Crippen molar-refractivity contribution in [3.63, 3.8) is 0 Å². The Hall–Kier alpha value is -3.43. The quantitative estimate of drug-likeness (QED) is 0.512. The first-order chi connectivity index (χ1) is 15.9. The van der Waals surface area contributed by atoms with Gasteiger partial charge in [0.15, 0.2) is 0 Å². The smallest absolute Gasteiger partial charge is 0.278 e. The van der Waals surface area contributed by atoms with E-state index < -0.39 is 12.1 Å². The molecule has 0 amide bonds. The van der Waals surface area contributed by atoms with E-state index in [1.54, 1.807) is 4.68 Å². The van der Waals surface area contributed by atoms with E-state index in [1.165, 1.54) is 4.68 Å². The number of hydrogen-bond acceptors (Lipinski definition) is 7. The van der Waals surface area contributed by atoms with Gasteiger partial charge in [-0.2, -0.15) is 5.10 Å². The Morgan fingerprint density at radius 3 is 2.73 bits per heavy atom. The molecule has 1 fully saturated rings. The van der Waals surface area contributed by atoms with Crippen LogP contribution in [0, 0.1) is 13.8 Å². The van der Waals surface area contributed by atoms with Crippen molar-refractivity contribution in [2.45, 2.75) is 38.8 Å². The molecule has 0 unspecified atom stereocenters. The minimum absolute atomic E-state index is 0.243. The fourth-order valence-corrected chi connectivity index (χ4v) is 4.32. The number of aromatic nitrogens is 6. The standard InChI is InChI=1S/C24H26N6O3/c1-14-15(2)23-18(24(32)30(28-26-23)21-13-33-9-7-22(21)31)11-17(14)10-16-4-5-19(25-12-16)20-6-8-29(3)27-20/h4-6,8,11-12,21-22,31H,7,9-10,13H2,1-3H3/t21-,22-/m0/s1. The van der Waals surface area contributed by atoms with Crippen molar-refractivity contribution in [2.75, 3.05) is 13.2 Å². The highest BCUT2D eigenvalue weighted by atomic mass is 16.5. The fourth-order valence-electron chi connectivity index (χ4n) is 4.32. The third-order valence-corrected chi connectivity index (χ3v) is 6.45. The van der Waals surface area contributed by atoms with Gasteiger partial charge in [0, 0.05) is 26.0 Å². The predicted octanol–water partition coefficient (Wildman–Crippen LogP) is 2.12. The maximum absolute atomic E-state index is 13.3. The summed E-state index contributed by atoms with van der Waals surface area (Å²) < 4.78 is 8.48. The first-order valence-corrected chi connectivity index (χ1v) is 11.0. The maximum Gasteiger partial charge on any atom is 0.278 e. The zero-order chi connectivity index (χ0) is 23.1. The molecule has 0 radical (unpaired) electrons. The summed E-state index contributed by atoms with van der Waals surface area (Å²) in [4.78, 5) is 17.9. The van der Waals surface area contributed by atoms with E-state index in [2.05, 4.69) is 20.4 Å². The monoisotopic (exact) mass is 446 g/mol. The number of aryl methyl sites for hydroxylation is 2. The molecule has 0 aliphatic carbocycles. The van der Waals surface area contributed by atoms with Crippen LogP contribution in [0.4, 0.5) is 0 Å². The molecule has 1 saturated heterocycles. The molecular formula is C24H26N6O3. The van der Waals surface area contributed by atoms with Crippen LogP contribution in [0.1, 0.15) is 34.7 Å². The molecule has 1 N–H and O–H groups in total. The average Bonchev–Trinajstić information content (AvgIpc) is 3.25. The summed E-state index contributed by atoms with van der Waals surface area (Å²) >= 11 is 0. The van der Waals surface area contributed by atoms with E-state index in [-0.39, 0.29) is 12.2 Å². The van der Waals surface area contributed by atoms with Crippen LogP contribution in [0.3, 0.4) is 0 Å². The molecule has 170 valence electrons. The molecule has 0 spiro atoms. The van der Waals surface area contributed by atoms with Crippen LogP contribution >= 0.6 is 0 Å². The number of pyridine rings is 1. The lowest BCUT2D eigenvalue weighted by Gasteiger charge is -2.27. The number of aliphatic hydroxyl groups is 1. The van der Waals surface area contributed by atoms with Crippen LogP contribution in [0.25, 0.3) is 22.3 Å². The molecule has 5 rings (SSSR count). The highest BCUT2D eigenvalue weighted by molar-refractivity contribution is 5.82. The molecule has 3 aromatic heterocycles. The number of benzene rings is 1. The molecule has 0 saturated carbocycles. The summed E-state index contributed by atoms with van der Waals surface area (Å²) in [6.45, 7) is 4.71. The summed E-state index contributed by atoms with van der Waals surface area (Å²) in [5.41, 5.74) is 6.04. The Bertz CT molecular complexity index is 1380. The van der Waals surface area contributed by atoms with Gasteiger partial charge in [0.1, 0.15) is 17.3 Å². The van der Waals surface area contributed by atoms with Gasteiger partial charge in [-0.15, -0.1) is 5.10 Å². The third-order valence-electron chi connectivity index (χ3n) is 6.45. The van der Waals surface area contributed by atoms with E-state index in [0.29, 0.717) is 30.4 Å². The van der Waals surface area contributed by atoms with Crippen LogP contribution in [-0.2, 0) is 18.2 Å². The van der Waals surface area contributed by atoms with Crippen LogP contribution in [0.15, 0.2) is 41.5 Å². The average molecular weight is 447 g/mol. The second-order valence-corrected chi connectivity index (χ2v) is 8.62. The van der Waals surface area contributed by atoms with Gasteiger partial charge in [0.2, 0.25) is 0 Å². The van der Waals surface area contributed by atoms with E-state index in [1.807, 2.05) is 57.6 Å². The zero-order valence-corrected chi connectivity index (χ0v) is 18.9. The van der Waals surface area contributed by atoms with Crippen LogP contribution in [0.5, 0.6) is 0 Å². The molecule has 33 heavy (non-hydrogen) atoms. The normalized spacial score (nSPS) is 18.7. The number of nitrogens with zero attached hydrogens (tertiary/aromatic N) is 6. The molecule has 1 aromatic carbocycles. The van der Waals surface area contributed by atoms with Gasteiger partial charge in [-0.25, -0.2) is 4.68 Å². The lowest BCUT2D eigenvalue weighted by Crippen LogP contribution is -2.41. The van der Waals surface area contributed by atoms with Crippen LogP contribution < -0.4 is 5.56 Å². The summed E-state index contributed by atoms with van der Waals surface area (Å²) in [7, 11) is 1.88. The van der Waals surface area contributed by atoms with E-state index in [0.717, 1.165) is 33.6 Å². The molecule has 4 heterocycles. The van der Waals surface area contributed by atoms with Gasteiger partial charge >= 0.3 is 0 Å². The molecule has 4 aromatic rings. The van der Waals surface area contributed by atoms with E-state index in [9.17, 15) is 9.90 Å². The highest BCUT2D eigenvalue weighted by Crippen LogP contribution is 2.25. The number of fused-ring (bicyclic) bond motifs is 1. The van der Waals surface area contributed by atoms with Crippen LogP contribution in [-0.4, -0.2) is 54.2 Å². The largest absolute Gasteiger partial charge is 0.391 e. The number of hydrogen-bond donors (Lipinski definition) is 1. The Morgan fingerprint density at radius 1 is 1.18 bits per heavy atom. The van der Waals surface area contributed by atoms with E-state index >= 15 is 0 Å². The molecule has 1 aliphatic heterocycles. The van der Waals surface area contributed by atoms with Gasteiger partial charge < -0.3 is 9.84 Å². The summed E-state index contributed by atoms with van der Waals surface area (Å²) in [5, 5.41) is 23.7. The highest BCUT2D eigenvalue weighted by Gasteiger charge is 2.28. The Balaban J connectivity index is 1.51. The Kier molecular flexibility index (Phi) is 5.51. The van der Waals surface area contributed by atoms with Gasteiger partial charge in [-0.05, 0) is 67.1 Å². The first kappa shape index (κ1) is 21.4. The Morgan fingerprint density at radius 2 is 2.03 bits per heavy atom. The van der Waals surface area contributed by atoms with E-state index in [4.69, 9.17) is 4.74 Å². The second-order valence-electron chi connectivity index (χ2n) is 8.62. The summed E-state index contributed by atoms with van der Waals surface area (Å²) in [6, 6.07) is 7.29.